The number of amides is 2. The summed E-state index contributed by atoms with van der Waals surface area (Å²) in [5.74, 6) is 0.625. The zero-order valence-corrected chi connectivity index (χ0v) is 17.5. The van der Waals surface area contributed by atoms with E-state index in [1.807, 2.05) is 62.4 Å². The number of nitrogens with zero attached hydrogens (tertiary/aromatic N) is 3. The van der Waals surface area contributed by atoms with E-state index >= 15 is 0 Å². The fraction of sp³-hybridized carbons (Fsp3) is 0.304. The lowest BCUT2D eigenvalue weighted by molar-refractivity contribution is -0.117. The lowest BCUT2D eigenvalue weighted by Crippen LogP contribution is -2.24. The average Bonchev–Trinajstić information content (AvgIpc) is 3.37. The van der Waals surface area contributed by atoms with Crippen molar-refractivity contribution in [3.63, 3.8) is 0 Å². The summed E-state index contributed by atoms with van der Waals surface area (Å²) in [5.41, 5.74) is 2.78. The molecular formula is C23H24N4O4. The molecule has 0 spiro atoms. The number of nitrogens with one attached hydrogen (secondary N) is 1. The van der Waals surface area contributed by atoms with Gasteiger partial charge in [0, 0.05) is 18.7 Å². The first kappa shape index (κ1) is 20.6. The van der Waals surface area contributed by atoms with E-state index in [1.54, 1.807) is 4.90 Å². The minimum Gasteiger partial charge on any atom is -0.494 e. The summed E-state index contributed by atoms with van der Waals surface area (Å²) in [6, 6.07) is 15.1. The number of hydrogen-bond acceptors (Lipinski definition) is 6. The number of hydrogen-bond donors (Lipinski definition) is 1. The highest BCUT2D eigenvalue weighted by atomic mass is 16.5. The predicted molar refractivity (Wildman–Crippen MR) is 115 cm³/mol. The first-order valence-electron chi connectivity index (χ1n) is 10.2. The third kappa shape index (κ3) is 4.74. The largest absolute Gasteiger partial charge is 0.494 e. The van der Waals surface area contributed by atoms with Gasteiger partial charge in [-0.15, -0.1) is 5.10 Å². The molecule has 2 heterocycles. The second-order valence-corrected chi connectivity index (χ2v) is 7.43. The lowest BCUT2D eigenvalue weighted by atomic mass is 10.1. The van der Waals surface area contributed by atoms with Crippen molar-refractivity contribution in [3.8, 4) is 5.75 Å². The summed E-state index contributed by atoms with van der Waals surface area (Å²) in [6.07, 6.45) is 0.490. The number of aryl methyl sites for hydroxylation is 1. The van der Waals surface area contributed by atoms with Gasteiger partial charge in [-0.05, 0) is 49.2 Å². The van der Waals surface area contributed by atoms with Gasteiger partial charge in [0.25, 0.3) is 0 Å². The third-order valence-corrected chi connectivity index (χ3v) is 5.23. The van der Waals surface area contributed by atoms with Crippen LogP contribution in [0.5, 0.6) is 5.75 Å². The van der Waals surface area contributed by atoms with E-state index < -0.39 is 0 Å². The van der Waals surface area contributed by atoms with Crippen LogP contribution >= 0.6 is 0 Å². The molecule has 1 aliphatic rings. The van der Waals surface area contributed by atoms with Crippen LogP contribution in [0.15, 0.2) is 52.9 Å². The van der Waals surface area contributed by atoms with Gasteiger partial charge >= 0.3 is 6.01 Å². The molecule has 8 heteroatoms. The average molecular weight is 420 g/mol. The number of carbonyl (C=O) groups excluding carboxylic acids is 2. The summed E-state index contributed by atoms with van der Waals surface area (Å²) >= 11 is 0. The van der Waals surface area contributed by atoms with E-state index in [0.29, 0.717) is 19.0 Å². The molecule has 8 nitrogen and oxygen atoms in total. The highest BCUT2D eigenvalue weighted by Crippen LogP contribution is 2.32. The summed E-state index contributed by atoms with van der Waals surface area (Å²) < 4.78 is 11.1. The molecule has 4 rings (SSSR count). The Kier molecular flexibility index (Phi) is 5.97. The van der Waals surface area contributed by atoms with Gasteiger partial charge in [-0.25, -0.2) is 0 Å². The summed E-state index contributed by atoms with van der Waals surface area (Å²) in [4.78, 5) is 26.5. The Morgan fingerprint density at radius 1 is 1.19 bits per heavy atom. The predicted octanol–water partition coefficient (Wildman–Crippen LogP) is 3.48. The van der Waals surface area contributed by atoms with Crippen molar-refractivity contribution in [3.05, 3.63) is 65.5 Å². The van der Waals surface area contributed by atoms with Crippen LogP contribution in [-0.2, 0) is 16.0 Å². The molecule has 0 saturated carbocycles. The first-order chi connectivity index (χ1) is 15.0. The maximum atomic E-state index is 12.5. The normalized spacial score (nSPS) is 15.9. The van der Waals surface area contributed by atoms with Crippen LogP contribution in [0.1, 0.15) is 36.3 Å². The Morgan fingerprint density at radius 2 is 1.97 bits per heavy atom. The number of aromatic nitrogens is 2. The molecule has 1 aliphatic heterocycles. The molecule has 2 amide bonds. The van der Waals surface area contributed by atoms with E-state index in [0.717, 1.165) is 22.6 Å². The van der Waals surface area contributed by atoms with Crippen LogP contribution < -0.4 is 15.0 Å². The molecule has 0 bridgehead atoms. The summed E-state index contributed by atoms with van der Waals surface area (Å²) in [7, 11) is 0. The molecule has 0 unspecified atom stereocenters. The maximum absolute atomic E-state index is 12.5. The van der Waals surface area contributed by atoms with Gasteiger partial charge in [0.05, 0.1) is 18.9 Å². The zero-order chi connectivity index (χ0) is 21.8. The van der Waals surface area contributed by atoms with Crippen molar-refractivity contribution in [2.75, 3.05) is 23.4 Å². The van der Waals surface area contributed by atoms with Crippen molar-refractivity contribution in [2.45, 2.75) is 32.6 Å². The van der Waals surface area contributed by atoms with Crippen molar-refractivity contribution in [2.24, 2.45) is 0 Å². The molecule has 31 heavy (non-hydrogen) atoms. The highest BCUT2D eigenvalue weighted by molar-refractivity contribution is 5.96. The van der Waals surface area contributed by atoms with Crippen LogP contribution in [0, 0.1) is 6.92 Å². The van der Waals surface area contributed by atoms with Gasteiger partial charge in [-0.2, -0.15) is 0 Å². The van der Waals surface area contributed by atoms with Crippen molar-refractivity contribution in [1.82, 2.24) is 10.2 Å². The number of benzene rings is 2. The fourth-order valence-corrected chi connectivity index (χ4v) is 3.61. The van der Waals surface area contributed by atoms with Crippen molar-refractivity contribution < 1.29 is 18.7 Å². The van der Waals surface area contributed by atoms with E-state index in [9.17, 15) is 9.59 Å². The quantitative estimate of drug-likeness (QED) is 0.628. The van der Waals surface area contributed by atoms with Gasteiger partial charge < -0.3 is 14.1 Å². The molecule has 3 aromatic rings. The molecule has 1 atom stereocenters. The molecular weight excluding hydrogens is 396 g/mol. The molecule has 1 aromatic heterocycles. The molecule has 1 fully saturated rings. The van der Waals surface area contributed by atoms with Crippen LogP contribution in [0.3, 0.4) is 0 Å². The molecule has 0 aliphatic carbocycles. The number of carbonyl (C=O) groups is 2. The highest BCUT2D eigenvalue weighted by Gasteiger charge is 2.35. The zero-order valence-electron chi connectivity index (χ0n) is 17.5. The van der Waals surface area contributed by atoms with Crippen molar-refractivity contribution >= 4 is 23.5 Å². The maximum Gasteiger partial charge on any atom is 0.322 e. The van der Waals surface area contributed by atoms with Crippen LogP contribution in [0.2, 0.25) is 0 Å². The molecule has 2 aromatic carbocycles. The number of ether oxygens (including phenoxy) is 1. The monoisotopic (exact) mass is 420 g/mol. The van der Waals surface area contributed by atoms with E-state index in [2.05, 4.69) is 15.5 Å². The van der Waals surface area contributed by atoms with Crippen LogP contribution in [0.25, 0.3) is 0 Å². The van der Waals surface area contributed by atoms with Gasteiger partial charge in [-0.1, -0.05) is 29.4 Å². The van der Waals surface area contributed by atoms with E-state index in [1.165, 1.54) is 0 Å². The number of rotatable bonds is 7. The van der Waals surface area contributed by atoms with Crippen molar-refractivity contribution in [1.29, 1.82) is 0 Å². The Balaban J connectivity index is 1.38. The van der Waals surface area contributed by atoms with Crippen LogP contribution in [-0.4, -0.2) is 35.2 Å². The Bertz CT molecular complexity index is 1080. The second kappa shape index (κ2) is 8.99. The molecule has 1 saturated heterocycles. The molecule has 0 radical (unpaired) electrons. The number of anilines is 2. The van der Waals surface area contributed by atoms with E-state index in [-0.39, 0.29) is 36.6 Å². The summed E-state index contributed by atoms with van der Waals surface area (Å²) in [5, 5.41) is 10.6. The Hall–Kier alpha value is -3.68. The lowest BCUT2D eigenvalue weighted by Gasteiger charge is -2.16. The van der Waals surface area contributed by atoms with Gasteiger partial charge in [0.1, 0.15) is 5.75 Å². The van der Waals surface area contributed by atoms with Gasteiger partial charge in [0.2, 0.25) is 17.7 Å². The second-order valence-electron chi connectivity index (χ2n) is 7.43. The summed E-state index contributed by atoms with van der Waals surface area (Å²) in [6.45, 7) is 4.91. The minimum atomic E-state index is -0.233. The standard InChI is InChI=1S/C23H24N4O4/c1-3-30-19-10-8-18(9-11-19)27-14-17(13-21(27)29)22-25-26-23(31-22)24-20(28)12-16-7-5-4-6-15(16)2/h4-11,17H,3,12-14H2,1-2H3,(H,24,26,28)/t17-/m0/s1. The van der Waals surface area contributed by atoms with Crippen LogP contribution in [0.4, 0.5) is 11.7 Å². The van der Waals surface area contributed by atoms with Gasteiger partial charge in [-0.3, -0.25) is 14.9 Å². The SMILES string of the molecule is CCOc1ccc(N2C[C@@H](c3nnc(NC(=O)Cc4ccccc4C)o3)CC2=O)cc1. The fourth-order valence-electron chi connectivity index (χ4n) is 3.61. The van der Waals surface area contributed by atoms with E-state index in [4.69, 9.17) is 9.15 Å². The first-order valence-corrected chi connectivity index (χ1v) is 10.2. The smallest absolute Gasteiger partial charge is 0.322 e. The van der Waals surface area contributed by atoms with Gasteiger partial charge in [0.15, 0.2) is 0 Å². The minimum absolute atomic E-state index is 0.0162. The topological polar surface area (TPSA) is 97.6 Å². The Morgan fingerprint density at radius 3 is 2.71 bits per heavy atom. The molecule has 1 N–H and O–H groups in total. The molecule has 160 valence electrons. The third-order valence-electron chi connectivity index (χ3n) is 5.23. The Labute approximate surface area is 180 Å².